The van der Waals surface area contributed by atoms with Crippen molar-refractivity contribution in [3.63, 3.8) is 0 Å². The second-order valence-electron chi connectivity index (χ2n) is 6.21. The second-order valence-corrected chi connectivity index (χ2v) is 6.21. The van der Waals surface area contributed by atoms with Gasteiger partial charge in [0.15, 0.2) is 0 Å². The highest BCUT2D eigenvalue weighted by Crippen LogP contribution is 2.31. The number of carbonyl (C=O) groups is 2. The first-order valence-electron chi connectivity index (χ1n) is 8.23. The van der Waals surface area contributed by atoms with Gasteiger partial charge in [0.2, 0.25) is 11.8 Å². The minimum atomic E-state index is -0.313. The van der Waals surface area contributed by atoms with E-state index in [0.717, 1.165) is 6.42 Å². The molecule has 0 heterocycles. The predicted octanol–water partition coefficient (Wildman–Crippen LogP) is 1.76. The minimum Gasteiger partial charge on any atom is -0.378 e. The maximum atomic E-state index is 13.6. The van der Waals surface area contributed by atoms with Gasteiger partial charge in [0.05, 0.1) is 18.1 Å². The number of hydrogen-bond acceptors (Lipinski definition) is 3. The van der Waals surface area contributed by atoms with Crippen LogP contribution in [0, 0.1) is 11.7 Å². The SMILES string of the molecule is CO[C@@H]1[C@H](N(C)C(C)=O)CC[C@H]1C(=O)NCCc1ccccc1F. The summed E-state index contributed by atoms with van der Waals surface area (Å²) in [6.07, 6.45) is 1.54. The summed E-state index contributed by atoms with van der Waals surface area (Å²) in [6, 6.07) is 6.46. The highest BCUT2D eigenvalue weighted by atomic mass is 19.1. The molecule has 2 rings (SSSR count). The zero-order valence-electron chi connectivity index (χ0n) is 14.4. The first-order chi connectivity index (χ1) is 11.5. The van der Waals surface area contributed by atoms with Gasteiger partial charge in [-0.3, -0.25) is 9.59 Å². The maximum absolute atomic E-state index is 13.6. The number of nitrogens with one attached hydrogen (secondary N) is 1. The molecule has 2 amide bonds. The van der Waals surface area contributed by atoms with E-state index in [1.807, 2.05) is 0 Å². The van der Waals surface area contributed by atoms with Crippen molar-refractivity contribution in [1.82, 2.24) is 10.2 Å². The maximum Gasteiger partial charge on any atom is 0.225 e. The highest BCUT2D eigenvalue weighted by molar-refractivity contribution is 5.80. The fraction of sp³-hybridized carbons (Fsp3) is 0.556. The van der Waals surface area contributed by atoms with E-state index in [1.165, 1.54) is 13.0 Å². The zero-order chi connectivity index (χ0) is 17.7. The topological polar surface area (TPSA) is 58.6 Å². The molecule has 1 fully saturated rings. The Morgan fingerprint density at radius 2 is 2.04 bits per heavy atom. The van der Waals surface area contributed by atoms with E-state index in [2.05, 4.69) is 5.32 Å². The predicted molar refractivity (Wildman–Crippen MR) is 88.9 cm³/mol. The molecular weight excluding hydrogens is 311 g/mol. The van der Waals surface area contributed by atoms with E-state index in [1.54, 1.807) is 37.3 Å². The molecule has 6 heteroatoms. The molecule has 3 atom stereocenters. The molecular formula is C18H25FN2O3. The normalized spacial score (nSPS) is 23.1. The Hall–Kier alpha value is -1.95. The fourth-order valence-corrected chi connectivity index (χ4v) is 3.35. The van der Waals surface area contributed by atoms with Crippen LogP contribution in [0.15, 0.2) is 24.3 Å². The van der Waals surface area contributed by atoms with Crippen molar-refractivity contribution in [1.29, 1.82) is 0 Å². The van der Waals surface area contributed by atoms with Crippen molar-refractivity contribution in [3.05, 3.63) is 35.6 Å². The lowest BCUT2D eigenvalue weighted by molar-refractivity contribution is -0.135. The number of amides is 2. The van der Waals surface area contributed by atoms with Gasteiger partial charge in [-0.15, -0.1) is 0 Å². The first-order valence-corrected chi connectivity index (χ1v) is 8.23. The van der Waals surface area contributed by atoms with Crippen LogP contribution < -0.4 is 5.32 Å². The summed E-state index contributed by atoms with van der Waals surface area (Å²) in [6.45, 7) is 1.88. The molecule has 1 N–H and O–H groups in total. The molecule has 0 unspecified atom stereocenters. The largest absolute Gasteiger partial charge is 0.378 e. The smallest absolute Gasteiger partial charge is 0.225 e. The van der Waals surface area contributed by atoms with Gasteiger partial charge in [-0.2, -0.15) is 0 Å². The number of benzene rings is 1. The van der Waals surface area contributed by atoms with E-state index in [9.17, 15) is 14.0 Å². The molecule has 132 valence electrons. The van der Waals surface area contributed by atoms with Crippen molar-refractivity contribution in [3.8, 4) is 0 Å². The summed E-state index contributed by atoms with van der Waals surface area (Å²) in [7, 11) is 3.30. The Balaban J connectivity index is 1.90. The second kappa shape index (κ2) is 8.24. The average molecular weight is 336 g/mol. The molecule has 24 heavy (non-hydrogen) atoms. The van der Waals surface area contributed by atoms with Gasteiger partial charge in [0.25, 0.3) is 0 Å². The Labute approximate surface area is 142 Å². The standard InChI is InChI=1S/C18H25FN2O3/c1-12(22)21(2)16-9-8-14(17(16)24-3)18(23)20-11-10-13-6-4-5-7-15(13)19/h4-7,14,16-17H,8-11H2,1-3H3,(H,20,23)/t14-,16-,17+/m1/s1. The number of nitrogens with zero attached hydrogens (tertiary/aromatic N) is 1. The van der Waals surface area contributed by atoms with Crippen LogP contribution in [0.5, 0.6) is 0 Å². The number of carbonyl (C=O) groups excluding carboxylic acids is 2. The van der Waals surface area contributed by atoms with Gasteiger partial charge in [0, 0.05) is 27.6 Å². The van der Waals surface area contributed by atoms with Gasteiger partial charge in [-0.05, 0) is 30.9 Å². The Bertz CT molecular complexity index is 593. The van der Waals surface area contributed by atoms with E-state index in [-0.39, 0.29) is 35.7 Å². The van der Waals surface area contributed by atoms with Crippen molar-refractivity contribution in [2.24, 2.45) is 5.92 Å². The summed E-state index contributed by atoms with van der Waals surface area (Å²) in [5.41, 5.74) is 0.585. The lowest BCUT2D eigenvalue weighted by atomic mass is 10.0. The molecule has 0 spiro atoms. The van der Waals surface area contributed by atoms with Crippen LogP contribution >= 0.6 is 0 Å². The molecule has 1 aromatic carbocycles. The molecule has 0 saturated heterocycles. The van der Waals surface area contributed by atoms with Gasteiger partial charge in [-0.25, -0.2) is 4.39 Å². The van der Waals surface area contributed by atoms with Gasteiger partial charge in [0.1, 0.15) is 5.82 Å². The molecule has 1 aliphatic carbocycles. The van der Waals surface area contributed by atoms with Crippen molar-refractivity contribution < 1.29 is 18.7 Å². The van der Waals surface area contributed by atoms with Crippen LogP contribution in [0.1, 0.15) is 25.3 Å². The van der Waals surface area contributed by atoms with Gasteiger partial charge >= 0.3 is 0 Å². The summed E-state index contributed by atoms with van der Waals surface area (Å²) < 4.78 is 19.1. The third-order valence-corrected chi connectivity index (χ3v) is 4.80. The number of likely N-dealkylation sites (N-methyl/N-ethyl adjacent to an activating group) is 1. The van der Waals surface area contributed by atoms with E-state index >= 15 is 0 Å². The third kappa shape index (κ3) is 4.12. The number of rotatable bonds is 6. The Morgan fingerprint density at radius 3 is 2.67 bits per heavy atom. The summed E-state index contributed by atoms with van der Waals surface area (Å²) in [4.78, 5) is 25.6. The fourth-order valence-electron chi connectivity index (χ4n) is 3.35. The minimum absolute atomic E-state index is 0.0392. The highest BCUT2D eigenvalue weighted by Gasteiger charge is 2.42. The number of methoxy groups -OCH3 is 1. The molecule has 5 nitrogen and oxygen atoms in total. The number of halogens is 1. The Morgan fingerprint density at radius 1 is 1.33 bits per heavy atom. The van der Waals surface area contributed by atoms with E-state index < -0.39 is 0 Å². The first kappa shape index (κ1) is 18.4. The molecule has 1 aliphatic rings. The van der Waals surface area contributed by atoms with Crippen molar-refractivity contribution in [2.45, 2.75) is 38.3 Å². The van der Waals surface area contributed by atoms with Crippen LogP contribution in [0.3, 0.4) is 0 Å². The van der Waals surface area contributed by atoms with Gasteiger partial charge in [-0.1, -0.05) is 18.2 Å². The van der Waals surface area contributed by atoms with Crippen molar-refractivity contribution in [2.75, 3.05) is 20.7 Å². The number of ether oxygens (including phenoxy) is 1. The zero-order valence-corrected chi connectivity index (χ0v) is 14.4. The lowest BCUT2D eigenvalue weighted by Crippen LogP contribution is -2.46. The molecule has 0 bridgehead atoms. The van der Waals surface area contributed by atoms with E-state index in [4.69, 9.17) is 4.74 Å². The molecule has 0 aromatic heterocycles. The molecule has 1 aromatic rings. The van der Waals surface area contributed by atoms with Crippen molar-refractivity contribution >= 4 is 11.8 Å². The Kier molecular flexibility index (Phi) is 6.31. The quantitative estimate of drug-likeness (QED) is 0.861. The van der Waals surface area contributed by atoms with Crippen LogP contribution in [0.4, 0.5) is 4.39 Å². The van der Waals surface area contributed by atoms with Gasteiger partial charge < -0.3 is 15.0 Å². The van der Waals surface area contributed by atoms with Crippen LogP contribution in [0.25, 0.3) is 0 Å². The monoisotopic (exact) mass is 336 g/mol. The average Bonchev–Trinajstić information content (AvgIpc) is 2.99. The third-order valence-electron chi connectivity index (χ3n) is 4.80. The van der Waals surface area contributed by atoms with Crippen LogP contribution in [-0.4, -0.2) is 49.6 Å². The van der Waals surface area contributed by atoms with Crippen LogP contribution in [-0.2, 0) is 20.7 Å². The van der Waals surface area contributed by atoms with E-state index in [0.29, 0.717) is 24.9 Å². The summed E-state index contributed by atoms with van der Waals surface area (Å²) >= 11 is 0. The molecule has 0 aliphatic heterocycles. The molecule has 0 radical (unpaired) electrons. The van der Waals surface area contributed by atoms with Crippen LogP contribution in [0.2, 0.25) is 0 Å². The number of hydrogen-bond donors (Lipinski definition) is 1. The molecule has 1 saturated carbocycles. The summed E-state index contributed by atoms with van der Waals surface area (Å²) in [5.74, 6) is -0.687. The lowest BCUT2D eigenvalue weighted by Gasteiger charge is -2.30. The summed E-state index contributed by atoms with van der Waals surface area (Å²) in [5, 5.41) is 2.86.